The van der Waals surface area contributed by atoms with E-state index in [4.69, 9.17) is 4.74 Å². The first-order chi connectivity index (χ1) is 17.2. The normalized spacial score (nSPS) is 16.0. The molecule has 1 saturated heterocycles. The van der Waals surface area contributed by atoms with Gasteiger partial charge in [-0.15, -0.1) is 10.2 Å². The highest BCUT2D eigenvalue weighted by Gasteiger charge is 2.28. The number of piperidine rings is 1. The summed E-state index contributed by atoms with van der Waals surface area (Å²) in [5.74, 6) is 1.38. The smallest absolute Gasteiger partial charge is 0.389 e. The van der Waals surface area contributed by atoms with E-state index >= 15 is 0 Å². The Kier molecular flexibility index (Phi) is 6.68. The Bertz CT molecular complexity index is 1350. The van der Waals surface area contributed by atoms with Gasteiger partial charge < -0.3 is 14.6 Å². The van der Waals surface area contributed by atoms with Crippen molar-refractivity contribution in [1.82, 2.24) is 24.5 Å². The Labute approximate surface area is 208 Å². The van der Waals surface area contributed by atoms with Crippen molar-refractivity contribution >= 4 is 16.6 Å². The number of pyridine rings is 1. The number of alkyl halides is 3. The Morgan fingerprint density at radius 1 is 1.17 bits per heavy atom. The fraction of sp³-hybridized carbons (Fsp3) is 0.481. The maximum atomic E-state index is 12.5. The van der Waals surface area contributed by atoms with E-state index in [0.717, 1.165) is 42.7 Å². The standard InChI is InChI=1S/C27H32F3N5O/c1-17(2)24-21-13-19(18-7-11-34(12-8-18)10-4-9-27(28,29)30)5-6-22(21)32-25(24)20-14-23(36-3)26-33-31-16-35(26)15-20/h5-6,13-18,32H,4,7-12H2,1-3H3. The number of hydrogen-bond donors (Lipinski definition) is 1. The monoisotopic (exact) mass is 499 g/mol. The van der Waals surface area contributed by atoms with Crippen LogP contribution in [-0.4, -0.2) is 57.4 Å². The lowest BCUT2D eigenvalue weighted by Gasteiger charge is -2.32. The number of rotatable bonds is 7. The van der Waals surface area contributed by atoms with E-state index in [9.17, 15) is 13.2 Å². The fourth-order valence-electron chi connectivity index (χ4n) is 5.50. The number of aromatic amines is 1. The maximum absolute atomic E-state index is 12.5. The van der Waals surface area contributed by atoms with Crippen molar-refractivity contribution in [3.63, 3.8) is 0 Å². The number of benzene rings is 1. The lowest BCUT2D eigenvalue weighted by atomic mass is 9.87. The summed E-state index contributed by atoms with van der Waals surface area (Å²) in [5, 5.41) is 9.37. The SMILES string of the molecule is COc1cc(-c2[nH]c3ccc(C4CCN(CCCC(F)(F)F)CC4)cc3c2C(C)C)cn2cnnc12. The second-order valence-corrected chi connectivity index (χ2v) is 10.1. The van der Waals surface area contributed by atoms with Crippen molar-refractivity contribution in [2.24, 2.45) is 0 Å². The first kappa shape index (κ1) is 24.6. The molecule has 5 rings (SSSR count). The molecule has 0 amide bonds. The number of nitrogens with zero attached hydrogens (tertiary/aromatic N) is 4. The molecule has 0 atom stereocenters. The lowest BCUT2D eigenvalue weighted by molar-refractivity contribution is -0.136. The molecule has 0 radical (unpaired) electrons. The first-order valence-corrected chi connectivity index (χ1v) is 12.6. The molecule has 0 spiro atoms. The van der Waals surface area contributed by atoms with Gasteiger partial charge >= 0.3 is 6.18 Å². The van der Waals surface area contributed by atoms with Gasteiger partial charge in [0.1, 0.15) is 6.33 Å². The number of methoxy groups -OCH3 is 1. The number of fused-ring (bicyclic) bond motifs is 2. The van der Waals surface area contributed by atoms with E-state index in [1.165, 1.54) is 16.5 Å². The molecule has 1 fully saturated rings. The highest BCUT2D eigenvalue weighted by Crippen LogP contribution is 2.39. The lowest BCUT2D eigenvalue weighted by Crippen LogP contribution is -2.34. The number of halogens is 3. The number of ether oxygens (including phenoxy) is 1. The first-order valence-electron chi connectivity index (χ1n) is 12.6. The minimum Gasteiger partial charge on any atom is -0.493 e. The summed E-state index contributed by atoms with van der Waals surface area (Å²) in [6, 6.07) is 8.66. The average Bonchev–Trinajstić information content (AvgIpc) is 3.47. The summed E-state index contributed by atoms with van der Waals surface area (Å²) in [6.07, 6.45) is 1.03. The van der Waals surface area contributed by atoms with Crippen LogP contribution in [0.5, 0.6) is 5.75 Å². The Balaban J connectivity index is 1.40. The van der Waals surface area contributed by atoms with Gasteiger partial charge in [0.15, 0.2) is 5.75 Å². The molecule has 9 heteroatoms. The quantitative estimate of drug-likeness (QED) is 0.314. The van der Waals surface area contributed by atoms with Crippen LogP contribution < -0.4 is 4.74 Å². The van der Waals surface area contributed by atoms with Gasteiger partial charge in [0.05, 0.1) is 12.8 Å². The van der Waals surface area contributed by atoms with Crippen molar-refractivity contribution in [1.29, 1.82) is 0 Å². The Hall–Kier alpha value is -3.07. The molecule has 0 aliphatic carbocycles. The number of likely N-dealkylation sites (tertiary alicyclic amines) is 1. The molecular weight excluding hydrogens is 467 g/mol. The maximum Gasteiger partial charge on any atom is 0.389 e. The van der Waals surface area contributed by atoms with Crippen LogP contribution in [-0.2, 0) is 0 Å². The highest BCUT2D eigenvalue weighted by atomic mass is 19.4. The number of nitrogens with one attached hydrogen (secondary N) is 1. The van der Waals surface area contributed by atoms with Gasteiger partial charge in [-0.05, 0) is 80.1 Å². The van der Waals surface area contributed by atoms with Crippen LogP contribution in [0, 0.1) is 0 Å². The van der Waals surface area contributed by atoms with Crippen molar-refractivity contribution < 1.29 is 17.9 Å². The Morgan fingerprint density at radius 2 is 1.94 bits per heavy atom. The van der Waals surface area contributed by atoms with E-state index in [0.29, 0.717) is 29.8 Å². The van der Waals surface area contributed by atoms with Gasteiger partial charge in [0.2, 0.25) is 5.65 Å². The van der Waals surface area contributed by atoms with Crippen molar-refractivity contribution in [2.45, 2.75) is 57.5 Å². The molecule has 6 nitrogen and oxygen atoms in total. The fourth-order valence-corrected chi connectivity index (χ4v) is 5.50. The number of H-pyrrole nitrogens is 1. The van der Waals surface area contributed by atoms with E-state index in [2.05, 4.69) is 52.1 Å². The summed E-state index contributed by atoms with van der Waals surface area (Å²) in [7, 11) is 1.64. The molecular formula is C27H32F3N5O. The molecule has 1 aromatic carbocycles. The third-order valence-corrected chi connectivity index (χ3v) is 7.30. The van der Waals surface area contributed by atoms with Crippen molar-refractivity contribution in [3.8, 4) is 17.0 Å². The second kappa shape index (κ2) is 9.76. The van der Waals surface area contributed by atoms with Crippen molar-refractivity contribution in [2.75, 3.05) is 26.7 Å². The van der Waals surface area contributed by atoms with Crippen LogP contribution >= 0.6 is 0 Å². The zero-order chi connectivity index (χ0) is 25.4. The zero-order valence-electron chi connectivity index (χ0n) is 20.9. The molecule has 36 heavy (non-hydrogen) atoms. The summed E-state index contributed by atoms with van der Waals surface area (Å²) in [6.45, 7) is 6.60. The molecule has 0 saturated carbocycles. The minimum atomic E-state index is -4.07. The van der Waals surface area contributed by atoms with E-state index in [-0.39, 0.29) is 6.42 Å². The number of hydrogen-bond acceptors (Lipinski definition) is 4. The minimum absolute atomic E-state index is 0.176. The summed E-state index contributed by atoms with van der Waals surface area (Å²) < 4.78 is 44.9. The average molecular weight is 500 g/mol. The Morgan fingerprint density at radius 3 is 2.64 bits per heavy atom. The van der Waals surface area contributed by atoms with E-state index in [1.807, 2.05) is 16.7 Å². The third kappa shape index (κ3) is 4.93. The summed E-state index contributed by atoms with van der Waals surface area (Å²) in [4.78, 5) is 5.80. The zero-order valence-corrected chi connectivity index (χ0v) is 20.9. The molecule has 0 bridgehead atoms. The van der Waals surface area contributed by atoms with Gasteiger partial charge in [-0.3, -0.25) is 4.40 Å². The van der Waals surface area contributed by atoms with Crippen LogP contribution in [0.25, 0.3) is 27.8 Å². The van der Waals surface area contributed by atoms with Crippen LogP contribution in [0.1, 0.15) is 62.5 Å². The van der Waals surface area contributed by atoms with E-state index in [1.54, 1.807) is 13.4 Å². The summed E-state index contributed by atoms with van der Waals surface area (Å²) in [5.41, 5.74) is 6.39. The van der Waals surface area contributed by atoms with Crippen LogP contribution in [0.3, 0.4) is 0 Å². The van der Waals surface area contributed by atoms with Gasteiger partial charge in [-0.1, -0.05) is 19.9 Å². The van der Waals surface area contributed by atoms with Gasteiger partial charge in [-0.25, -0.2) is 0 Å². The highest BCUT2D eigenvalue weighted by molar-refractivity contribution is 5.92. The van der Waals surface area contributed by atoms with Crippen LogP contribution in [0.2, 0.25) is 0 Å². The molecule has 192 valence electrons. The third-order valence-electron chi connectivity index (χ3n) is 7.30. The molecule has 4 aromatic rings. The van der Waals surface area contributed by atoms with Crippen molar-refractivity contribution in [3.05, 3.63) is 47.9 Å². The van der Waals surface area contributed by atoms with Gasteiger partial charge in [0.25, 0.3) is 0 Å². The molecule has 1 aliphatic rings. The molecule has 4 heterocycles. The van der Waals surface area contributed by atoms with Gasteiger partial charge in [-0.2, -0.15) is 13.2 Å². The van der Waals surface area contributed by atoms with Crippen LogP contribution in [0.4, 0.5) is 13.2 Å². The molecule has 3 aromatic heterocycles. The molecule has 1 N–H and O–H groups in total. The largest absolute Gasteiger partial charge is 0.493 e. The second-order valence-electron chi connectivity index (χ2n) is 10.1. The van der Waals surface area contributed by atoms with Crippen LogP contribution in [0.15, 0.2) is 36.8 Å². The summed E-state index contributed by atoms with van der Waals surface area (Å²) >= 11 is 0. The topological polar surface area (TPSA) is 58.5 Å². The molecule has 0 unspecified atom stereocenters. The number of aromatic nitrogens is 4. The predicted molar refractivity (Wildman–Crippen MR) is 135 cm³/mol. The molecule has 1 aliphatic heterocycles. The predicted octanol–water partition coefficient (Wildman–Crippen LogP) is 6.53. The van der Waals surface area contributed by atoms with Gasteiger partial charge in [0, 0.05) is 29.1 Å². The van der Waals surface area contributed by atoms with E-state index < -0.39 is 12.6 Å².